The summed E-state index contributed by atoms with van der Waals surface area (Å²) in [6.07, 6.45) is -0.506. The minimum absolute atomic E-state index is 0.0952. The predicted molar refractivity (Wildman–Crippen MR) is 84.2 cm³/mol. The topological polar surface area (TPSA) is 99.7 Å². The smallest absolute Gasteiger partial charge is 0.407 e. The van der Waals surface area contributed by atoms with E-state index in [0.717, 1.165) is 0 Å². The van der Waals surface area contributed by atoms with E-state index in [-0.39, 0.29) is 11.0 Å². The van der Waals surface area contributed by atoms with Gasteiger partial charge in [-0.1, -0.05) is 13.8 Å². The molecule has 0 aromatic rings. The van der Waals surface area contributed by atoms with Gasteiger partial charge in [0.15, 0.2) is 5.11 Å². The number of carboxylic acids is 1. The minimum Gasteiger partial charge on any atom is -0.480 e. The quantitative estimate of drug-likeness (QED) is 0.429. The van der Waals surface area contributed by atoms with Crippen molar-refractivity contribution in [3.05, 3.63) is 0 Å². The highest BCUT2D eigenvalue weighted by Gasteiger charge is 2.21. The molecule has 0 saturated heterocycles. The summed E-state index contributed by atoms with van der Waals surface area (Å²) in [6.45, 7) is 9.61. The Kier molecular flexibility index (Phi) is 8.01. The van der Waals surface area contributed by atoms with Crippen molar-refractivity contribution >= 4 is 29.4 Å². The molecule has 21 heavy (non-hydrogen) atoms. The van der Waals surface area contributed by atoms with Gasteiger partial charge < -0.3 is 25.8 Å². The molecule has 0 aliphatic rings. The Morgan fingerprint density at radius 3 is 2.14 bits per heavy atom. The second kappa shape index (κ2) is 8.66. The summed E-state index contributed by atoms with van der Waals surface area (Å²) in [7, 11) is 0. The van der Waals surface area contributed by atoms with E-state index in [0.29, 0.717) is 13.1 Å². The van der Waals surface area contributed by atoms with Crippen LogP contribution in [0.5, 0.6) is 0 Å². The first-order valence-corrected chi connectivity index (χ1v) is 7.17. The van der Waals surface area contributed by atoms with Gasteiger partial charge in [0, 0.05) is 13.1 Å². The molecular formula is C13H25N3O4S. The molecule has 7 nitrogen and oxygen atoms in total. The van der Waals surface area contributed by atoms with E-state index < -0.39 is 23.7 Å². The van der Waals surface area contributed by atoms with Gasteiger partial charge in [0.25, 0.3) is 0 Å². The number of rotatable bonds is 6. The monoisotopic (exact) mass is 319 g/mol. The Morgan fingerprint density at radius 2 is 1.71 bits per heavy atom. The second-order valence-corrected chi connectivity index (χ2v) is 6.30. The van der Waals surface area contributed by atoms with Crippen LogP contribution in [0.25, 0.3) is 0 Å². The molecule has 122 valence electrons. The van der Waals surface area contributed by atoms with Crippen molar-refractivity contribution in [3.8, 4) is 0 Å². The summed E-state index contributed by atoms with van der Waals surface area (Å²) in [5, 5.41) is 17.4. The summed E-state index contributed by atoms with van der Waals surface area (Å²) in [6, 6.07) is -0.746. The van der Waals surface area contributed by atoms with Gasteiger partial charge in [0.1, 0.15) is 11.6 Å². The second-order valence-electron chi connectivity index (χ2n) is 5.89. The van der Waals surface area contributed by atoms with Crippen molar-refractivity contribution < 1.29 is 19.4 Å². The Hall–Kier alpha value is -1.57. The minimum atomic E-state index is -0.957. The van der Waals surface area contributed by atoms with Crippen LogP contribution >= 0.6 is 12.2 Å². The van der Waals surface area contributed by atoms with Crippen molar-refractivity contribution in [1.82, 2.24) is 16.0 Å². The highest BCUT2D eigenvalue weighted by Crippen LogP contribution is 2.06. The van der Waals surface area contributed by atoms with E-state index in [1.165, 1.54) is 0 Å². The first kappa shape index (κ1) is 19.4. The van der Waals surface area contributed by atoms with Crippen molar-refractivity contribution in [2.75, 3.05) is 13.1 Å². The number of carboxylic acid groups (broad SMARTS) is 1. The maximum atomic E-state index is 11.4. The lowest BCUT2D eigenvalue weighted by molar-refractivity contribution is -0.140. The first-order chi connectivity index (χ1) is 9.53. The number of carbonyl (C=O) groups excluding carboxylic acids is 1. The van der Waals surface area contributed by atoms with Crippen molar-refractivity contribution in [3.63, 3.8) is 0 Å². The van der Waals surface area contributed by atoms with E-state index in [2.05, 4.69) is 16.0 Å². The van der Waals surface area contributed by atoms with Crippen LogP contribution in [0.1, 0.15) is 34.6 Å². The fraction of sp³-hybridized carbons (Fsp3) is 0.769. The molecule has 0 spiro atoms. The average Bonchev–Trinajstić information content (AvgIpc) is 2.28. The number of aliphatic carboxylic acids is 1. The largest absolute Gasteiger partial charge is 0.480 e. The van der Waals surface area contributed by atoms with E-state index in [1.807, 2.05) is 0 Å². The summed E-state index contributed by atoms with van der Waals surface area (Å²) >= 11 is 5.01. The molecule has 1 atom stereocenters. The average molecular weight is 319 g/mol. The van der Waals surface area contributed by atoms with Crippen LogP contribution in [-0.2, 0) is 9.53 Å². The molecular weight excluding hydrogens is 294 g/mol. The first-order valence-electron chi connectivity index (χ1n) is 6.77. The van der Waals surface area contributed by atoms with Crippen LogP contribution in [0.3, 0.4) is 0 Å². The Balaban J connectivity index is 3.95. The number of amides is 1. The van der Waals surface area contributed by atoms with Gasteiger partial charge in [-0.2, -0.15) is 0 Å². The van der Waals surface area contributed by atoms with Gasteiger partial charge >= 0.3 is 12.1 Å². The summed E-state index contributed by atoms with van der Waals surface area (Å²) in [4.78, 5) is 22.4. The van der Waals surface area contributed by atoms with Crippen molar-refractivity contribution in [1.29, 1.82) is 0 Å². The lowest BCUT2D eigenvalue weighted by atomic mass is 10.1. The zero-order chi connectivity index (χ0) is 16.6. The Labute approximate surface area is 130 Å². The molecule has 0 radical (unpaired) electrons. The molecule has 1 unspecified atom stereocenters. The van der Waals surface area contributed by atoms with Crippen LogP contribution in [-0.4, -0.2) is 47.0 Å². The van der Waals surface area contributed by atoms with Crippen LogP contribution in [0.4, 0.5) is 4.79 Å². The zero-order valence-electron chi connectivity index (χ0n) is 13.1. The lowest BCUT2D eigenvalue weighted by Crippen LogP contribution is -2.49. The number of ether oxygens (including phenoxy) is 1. The highest BCUT2D eigenvalue weighted by atomic mass is 32.1. The lowest BCUT2D eigenvalue weighted by Gasteiger charge is -2.21. The number of hydrogen-bond donors (Lipinski definition) is 4. The summed E-state index contributed by atoms with van der Waals surface area (Å²) in [5.74, 6) is -1.05. The van der Waals surface area contributed by atoms with Gasteiger partial charge in [-0.25, -0.2) is 9.59 Å². The fourth-order valence-corrected chi connectivity index (χ4v) is 1.59. The molecule has 8 heteroatoms. The molecule has 0 rings (SSSR count). The standard InChI is InChI=1S/C13H25N3O4S/c1-8(2)9(10(17)18)16-11(21)14-6-7-15-12(19)20-13(3,4)5/h8-9H,6-7H2,1-5H3,(H,15,19)(H,17,18)(H2,14,16,21). The normalized spacial score (nSPS) is 12.5. The van der Waals surface area contributed by atoms with Crippen molar-refractivity contribution in [2.45, 2.75) is 46.3 Å². The van der Waals surface area contributed by atoms with Gasteiger partial charge in [-0.15, -0.1) is 0 Å². The molecule has 4 N–H and O–H groups in total. The van der Waals surface area contributed by atoms with Crippen LogP contribution in [0, 0.1) is 5.92 Å². The number of carbonyl (C=O) groups is 2. The predicted octanol–water partition coefficient (Wildman–Crippen LogP) is 1.08. The Bertz CT molecular complexity index is 380. The van der Waals surface area contributed by atoms with Crippen molar-refractivity contribution in [2.24, 2.45) is 5.92 Å². The third kappa shape index (κ3) is 9.89. The SMILES string of the molecule is CC(C)C(NC(=S)NCCNC(=O)OC(C)(C)C)C(=O)O. The third-order valence-corrected chi connectivity index (χ3v) is 2.56. The van der Waals surface area contributed by atoms with Crippen LogP contribution in [0.2, 0.25) is 0 Å². The number of nitrogens with one attached hydrogen (secondary N) is 3. The third-order valence-electron chi connectivity index (χ3n) is 2.30. The molecule has 0 aliphatic carbocycles. The molecule has 0 aromatic carbocycles. The number of alkyl carbamates (subject to hydrolysis) is 1. The molecule has 0 saturated carbocycles. The molecule has 0 bridgehead atoms. The molecule has 0 aliphatic heterocycles. The molecule has 0 aromatic heterocycles. The van der Waals surface area contributed by atoms with E-state index in [9.17, 15) is 9.59 Å². The van der Waals surface area contributed by atoms with E-state index in [1.54, 1.807) is 34.6 Å². The van der Waals surface area contributed by atoms with Gasteiger partial charge in [0.2, 0.25) is 0 Å². The fourth-order valence-electron chi connectivity index (χ4n) is 1.36. The zero-order valence-corrected chi connectivity index (χ0v) is 14.0. The maximum absolute atomic E-state index is 11.4. The highest BCUT2D eigenvalue weighted by molar-refractivity contribution is 7.80. The molecule has 0 heterocycles. The number of hydrogen-bond acceptors (Lipinski definition) is 4. The van der Waals surface area contributed by atoms with Gasteiger partial charge in [-0.3, -0.25) is 0 Å². The van der Waals surface area contributed by atoms with Gasteiger partial charge in [-0.05, 0) is 38.9 Å². The Morgan fingerprint density at radius 1 is 1.19 bits per heavy atom. The summed E-state index contributed by atoms with van der Waals surface area (Å²) < 4.78 is 5.07. The van der Waals surface area contributed by atoms with Crippen LogP contribution < -0.4 is 16.0 Å². The summed E-state index contributed by atoms with van der Waals surface area (Å²) in [5.41, 5.74) is -0.541. The van der Waals surface area contributed by atoms with Crippen LogP contribution in [0.15, 0.2) is 0 Å². The molecule has 0 fully saturated rings. The van der Waals surface area contributed by atoms with E-state index in [4.69, 9.17) is 22.1 Å². The van der Waals surface area contributed by atoms with E-state index >= 15 is 0 Å². The van der Waals surface area contributed by atoms with Gasteiger partial charge in [0.05, 0.1) is 0 Å². The maximum Gasteiger partial charge on any atom is 0.407 e. The molecule has 1 amide bonds. The number of thiocarbonyl (C=S) groups is 1.